The summed E-state index contributed by atoms with van der Waals surface area (Å²) in [5.41, 5.74) is 5.96. The van der Waals surface area contributed by atoms with Crippen molar-refractivity contribution in [2.75, 3.05) is 32.8 Å². The Morgan fingerprint density at radius 3 is 2.44 bits per heavy atom. The highest BCUT2D eigenvalue weighted by molar-refractivity contribution is 5.85. The van der Waals surface area contributed by atoms with Gasteiger partial charge in [0, 0.05) is 19.6 Å². The molecular weight excluding hydrogens is 365 g/mol. The van der Waals surface area contributed by atoms with Crippen LogP contribution in [0.4, 0.5) is 0 Å². The molecule has 1 saturated heterocycles. The summed E-state index contributed by atoms with van der Waals surface area (Å²) in [6.45, 7) is 9.63. The van der Waals surface area contributed by atoms with Gasteiger partial charge >= 0.3 is 0 Å². The number of amides is 1. The fourth-order valence-corrected chi connectivity index (χ4v) is 2.87. The quantitative estimate of drug-likeness (QED) is 0.739. The maximum Gasteiger partial charge on any atom is 0.236 e. The second kappa shape index (κ2) is 11.8. The molecule has 3 N–H and O–H groups in total. The van der Waals surface area contributed by atoms with E-state index < -0.39 is 6.04 Å². The zero-order valence-corrected chi connectivity index (χ0v) is 16.8. The van der Waals surface area contributed by atoms with Gasteiger partial charge in [0.15, 0.2) is 0 Å². The molecule has 1 amide bonds. The third kappa shape index (κ3) is 7.54. The lowest BCUT2D eigenvalue weighted by Gasteiger charge is -2.33. The summed E-state index contributed by atoms with van der Waals surface area (Å²) in [7, 11) is 0. The molecule has 1 fully saturated rings. The standard InChI is InChI=1S/C17H29N3O3.2ClH/c1-12(2)10-14(18)17(21)19-11-15(16-5-4-13(3)23-16)20-6-8-22-9-7-20;;/h4-5,12,14-15H,6-11,18H2,1-3H3,(H,19,21);2*1H/t14-,15?;;/m0../s1. The Hall–Kier alpha value is -0.790. The zero-order valence-electron chi connectivity index (χ0n) is 15.2. The van der Waals surface area contributed by atoms with Crippen LogP contribution >= 0.6 is 24.8 Å². The van der Waals surface area contributed by atoms with Crippen molar-refractivity contribution < 1.29 is 13.9 Å². The van der Waals surface area contributed by atoms with Crippen molar-refractivity contribution in [2.45, 2.75) is 39.3 Å². The van der Waals surface area contributed by atoms with Crippen LogP contribution < -0.4 is 11.1 Å². The molecule has 6 nitrogen and oxygen atoms in total. The first-order chi connectivity index (χ1) is 11.0. The average molecular weight is 396 g/mol. The van der Waals surface area contributed by atoms with Crippen molar-refractivity contribution >= 4 is 30.7 Å². The first-order valence-electron chi connectivity index (χ1n) is 8.38. The molecule has 25 heavy (non-hydrogen) atoms. The topological polar surface area (TPSA) is 80.7 Å². The minimum atomic E-state index is -0.460. The predicted molar refractivity (Wildman–Crippen MR) is 104 cm³/mol. The zero-order chi connectivity index (χ0) is 16.8. The molecule has 0 aromatic carbocycles. The van der Waals surface area contributed by atoms with E-state index in [-0.39, 0.29) is 36.8 Å². The number of halogens is 2. The molecule has 0 bridgehead atoms. The number of nitrogens with one attached hydrogen (secondary N) is 1. The lowest BCUT2D eigenvalue weighted by molar-refractivity contribution is -0.123. The molecule has 0 spiro atoms. The summed E-state index contributed by atoms with van der Waals surface area (Å²) in [6.07, 6.45) is 0.688. The Kier molecular flexibility index (Phi) is 11.4. The van der Waals surface area contributed by atoms with Crippen molar-refractivity contribution in [3.8, 4) is 0 Å². The van der Waals surface area contributed by atoms with Crippen molar-refractivity contribution in [3.05, 3.63) is 23.7 Å². The second-order valence-corrected chi connectivity index (χ2v) is 6.59. The van der Waals surface area contributed by atoms with Crippen LogP contribution in [-0.2, 0) is 9.53 Å². The number of nitrogens with two attached hydrogens (primary N) is 1. The second-order valence-electron chi connectivity index (χ2n) is 6.59. The van der Waals surface area contributed by atoms with E-state index in [1.54, 1.807) is 0 Å². The van der Waals surface area contributed by atoms with E-state index in [0.717, 1.165) is 24.6 Å². The first-order valence-corrected chi connectivity index (χ1v) is 8.38. The summed E-state index contributed by atoms with van der Waals surface area (Å²) in [5, 5.41) is 2.99. The first kappa shape index (κ1) is 24.2. The Bertz CT molecular complexity index is 505. The SMILES string of the molecule is Cc1ccc(C(CNC(=O)[C@@H](N)CC(C)C)N2CCOCC2)o1.Cl.Cl. The third-order valence-electron chi connectivity index (χ3n) is 4.11. The molecule has 1 unspecified atom stereocenters. The number of carbonyl (C=O) groups excluding carboxylic acids is 1. The fourth-order valence-electron chi connectivity index (χ4n) is 2.87. The van der Waals surface area contributed by atoms with Crippen LogP contribution in [0.3, 0.4) is 0 Å². The van der Waals surface area contributed by atoms with E-state index >= 15 is 0 Å². The van der Waals surface area contributed by atoms with E-state index in [9.17, 15) is 4.79 Å². The van der Waals surface area contributed by atoms with Gasteiger partial charge in [-0.2, -0.15) is 0 Å². The van der Waals surface area contributed by atoms with Gasteiger partial charge in [-0.1, -0.05) is 13.8 Å². The number of hydrogen-bond acceptors (Lipinski definition) is 5. The van der Waals surface area contributed by atoms with E-state index in [0.29, 0.717) is 32.1 Å². The van der Waals surface area contributed by atoms with Crippen LogP contribution in [0.1, 0.15) is 37.8 Å². The summed E-state index contributed by atoms with van der Waals surface area (Å²) in [4.78, 5) is 14.5. The number of hydrogen-bond donors (Lipinski definition) is 2. The Labute approximate surface area is 162 Å². The molecule has 1 aromatic heterocycles. The third-order valence-corrected chi connectivity index (χ3v) is 4.11. The van der Waals surface area contributed by atoms with Crippen LogP contribution in [0, 0.1) is 12.8 Å². The van der Waals surface area contributed by atoms with Crippen molar-refractivity contribution in [1.82, 2.24) is 10.2 Å². The molecule has 0 saturated carbocycles. The number of ether oxygens (including phenoxy) is 1. The minimum Gasteiger partial charge on any atom is -0.465 e. The van der Waals surface area contributed by atoms with E-state index in [2.05, 4.69) is 24.1 Å². The van der Waals surface area contributed by atoms with Crippen LogP contribution in [0.2, 0.25) is 0 Å². The summed E-state index contributed by atoms with van der Waals surface area (Å²) in [6, 6.07) is 3.49. The van der Waals surface area contributed by atoms with Gasteiger partial charge < -0.3 is 20.2 Å². The molecule has 2 atom stereocenters. The average Bonchev–Trinajstić information content (AvgIpc) is 2.94. The van der Waals surface area contributed by atoms with E-state index in [1.165, 1.54) is 0 Å². The highest BCUT2D eigenvalue weighted by Gasteiger charge is 2.26. The number of nitrogens with zero attached hydrogens (tertiary/aromatic N) is 1. The summed E-state index contributed by atoms with van der Waals surface area (Å²) in [5.74, 6) is 2.06. The van der Waals surface area contributed by atoms with Crippen molar-refractivity contribution in [2.24, 2.45) is 11.7 Å². The molecule has 1 aliphatic rings. The molecule has 0 radical (unpaired) electrons. The van der Waals surface area contributed by atoms with E-state index in [1.807, 2.05) is 19.1 Å². The Morgan fingerprint density at radius 2 is 1.92 bits per heavy atom. The number of carbonyl (C=O) groups is 1. The Balaban J connectivity index is 0.00000288. The predicted octanol–water partition coefficient (Wildman–Crippen LogP) is 2.29. The molecule has 0 aliphatic carbocycles. The lowest BCUT2D eigenvalue weighted by Crippen LogP contribution is -2.47. The summed E-state index contributed by atoms with van der Waals surface area (Å²) >= 11 is 0. The number of morpholine rings is 1. The van der Waals surface area contributed by atoms with Gasteiger partial charge in [0.05, 0.1) is 25.3 Å². The van der Waals surface area contributed by atoms with Gasteiger partial charge in [0.25, 0.3) is 0 Å². The molecule has 8 heteroatoms. The molecular formula is C17H31Cl2N3O3. The van der Waals surface area contributed by atoms with Gasteiger partial charge in [-0.05, 0) is 31.4 Å². The highest BCUT2D eigenvalue weighted by atomic mass is 35.5. The summed E-state index contributed by atoms with van der Waals surface area (Å²) < 4.78 is 11.2. The van der Waals surface area contributed by atoms with Crippen LogP contribution in [0.5, 0.6) is 0 Å². The van der Waals surface area contributed by atoms with Gasteiger partial charge in [0.1, 0.15) is 11.5 Å². The van der Waals surface area contributed by atoms with Gasteiger partial charge in [0.2, 0.25) is 5.91 Å². The van der Waals surface area contributed by atoms with Crippen molar-refractivity contribution in [1.29, 1.82) is 0 Å². The van der Waals surface area contributed by atoms with Crippen LogP contribution in [-0.4, -0.2) is 49.7 Å². The van der Waals surface area contributed by atoms with Crippen LogP contribution in [0.15, 0.2) is 16.5 Å². The fraction of sp³-hybridized carbons (Fsp3) is 0.706. The molecule has 1 aliphatic heterocycles. The van der Waals surface area contributed by atoms with Gasteiger partial charge in [-0.3, -0.25) is 9.69 Å². The van der Waals surface area contributed by atoms with Crippen LogP contribution in [0.25, 0.3) is 0 Å². The normalized spacial score (nSPS) is 17.3. The maximum atomic E-state index is 12.2. The van der Waals surface area contributed by atoms with Crippen molar-refractivity contribution in [3.63, 3.8) is 0 Å². The molecule has 146 valence electrons. The maximum absolute atomic E-state index is 12.2. The smallest absolute Gasteiger partial charge is 0.236 e. The molecule has 2 rings (SSSR count). The highest BCUT2D eigenvalue weighted by Crippen LogP contribution is 2.23. The van der Waals surface area contributed by atoms with Gasteiger partial charge in [-0.25, -0.2) is 0 Å². The van der Waals surface area contributed by atoms with Gasteiger partial charge in [-0.15, -0.1) is 24.8 Å². The molecule has 1 aromatic rings. The lowest BCUT2D eigenvalue weighted by atomic mass is 10.0. The Morgan fingerprint density at radius 1 is 1.28 bits per heavy atom. The number of aryl methyl sites for hydroxylation is 1. The number of furan rings is 1. The molecule has 2 heterocycles. The monoisotopic (exact) mass is 395 g/mol. The number of rotatable bonds is 7. The largest absolute Gasteiger partial charge is 0.465 e. The minimum absolute atomic E-state index is 0. The van der Waals surface area contributed by atoms with E-state index in [4.69, 9.17) is 14.9 Å².